The van der Waals surface area contributed by atoms with Gasteiger partial charge < -0.3 is 0 Å². The molecule has 0 aromatic carbocycles. The van der Waals surface area contributed by atoms with E-state index in [1.165, 1.54) is 49.5 Å². The van der Waals surface area contributed by atoms with E-state index in [0.717, 1.165) is 12.8 Å². The molecule has 0 unspecified atom stereocenters. The first-order chi connectivity index (χ1) is 8.66. The third kappa shape index (κ3) is 4.63. The molecule has 2 amide bonds. The Labute approximate surface area is 110 Å². The largest absolute Gasteiger partial charge is 0.275 e. The number of amides is 2. The SMILES string of the molecule is CCCCCCCCCCN1C(=O)C=C(C)C1=O. The van der Waals surface area contributed by atoms with Gasteiger partial charge in [0.2, 0.25) is 0 Å². The van der Waals surface area contributed by atoms with Crippen molar-refractivity contribution in [3.8, 4) is 0 Å². The van der Waals surface area contributed by atoms with Crippen LogP contribution in [0.25, 0.3) is 0 Å². The van der Waals surface area contributed by atoms with Crippen molar-refractivity contribution in [1.29, 1.82) is 0 Å². The fraction of sp³-hybridized carbons (Fsp3) is 0.733. The number of rotatable bonds is 9. The number of nitrogens with zero attached hydrogens (tertiary/aromatic N) is 1. The highest BCUT2D eigenvalue weighted by Gasteiger charge is 2.27. The van der Waals surface area contributed by atoms with Gasteiger partial charge in [0.15, 0.2) is 0 Å². The minimum absolute atomic E-state index is 0.108. The Kier molecular flexibility index (Phi) is 6.69. The maximum atomic E-state index is 11.6. The zero-order chi connectivity index (χ0) is 13.4. The predicted molar refractivity (Wildman–Crippen MR) is 73.1 cm³/mol. The zero-order valence-corrected chi connectivity index (χ0v) is 11.7. The van der Waals surface area contributed by atoms with Crippen molar-refractivity contribution in [2.24, 2.45) is 0 Å². The van der Waals surface area contributed by atoms with Gasteiger partial charge in [-0.05, 0) is 13.3 Å². The molecule has 1 aliphatic rings. The van der Waals surface area contributed by atoms with Gasteiger partial charge in [-0.3, -0.25) is 14.5 Å². The van der Waals surface area contributed by atoms with Crippen LogP contribution in [0, 0.1) is 0 Å². The minimum Gasteiger partial charge on any atom is -0.275 e. The van der Waals surface area contributed by atoms with Crippen molar-refractivity contribution in [1.82, 2.24) is 4.90 Å². The van der Waals surface area contributed by atoms with Gasteiger partial charge in [0.05, 0.1) is 0 Å². The van der Waals surface area contributed by atoms with Crippen LogP contribution in [0.3, 0.4) is 0 Å². The summed E-state index contributed by atoms with van der Waals surface area (Å²) in [6.07, 6.45) is 11.2. The third-order valence-corrected chi connectivity index (χ3v) is 3.42. The number of carbonyl (C=O) groups excluding carboxylic acids is 2. The van der Waals surface area contributed by atoms with E-state index >= 15 is 0 Å². The molecule has 3 nitrogen and oxygen atoms in total. The molecule has 102 valence electrons. The summed E-state index contributed by atoms with van der Waals surface area (Å²) in [7, 11) is 0. The molecule has 0 saturated heterocycles. The first kappa shape index (κ1) is 14.9. The molecule has 0 aliphatic carbocycles. The summed E-state index contributed by atoms with van der Waals surface area (Å²) in [5.74, 6) is -0.247. The number of carbonyl (C=O) groups is 2. The Bertz CT molecular complexity index is 320. The number of unbranched alkanes of at least 4 members (excludes halogenated alkanes) is 7. The second-order valence-electron chi connectivity index (χ2n) is 5.10. The van der Waals surface area contributed by atoms with Crippen LogP contribution in [-0.4, -0.2) is 23.3 Å². The number of imide groups is 1. The van der Waals surface area contributed by atoms with E-state index < -0.39 is 0 Å². The molecule has 0 N–H and O–H groups in total. The van der Waals surface area contributed by atoms with Crippen molar-refractivity contribution < 1.29 is 9.59 Å². The molecule has 0 radical (unpaired) electrons. The molecule has 3 heteroatoms. The fourth-order valence-corrected chi connectivity index (χ4v) is 2.25. The van der Waals surface area contributed by atoms with E-state index in [1.807, 2.05) is 0 Å². The second kappa shape index (κ2) is 8.06. The molecule has 0 saturated carbocycles. The van der Waals surface area contributed by atoms with E-state index in [0.29, 0.717) is 12.1 Å². The Morgan fingerprint density at radius 1 is 0.944 bits per heavy atom. The number of hydrogen-bond donors (Lipinski definition) is 0. The van der Waals surface area contributed by atoms with E-state index in [9.17, 15) is 9.59 Å². The van der Waals surface area contributed by atoms with Crippen LogP contribution in [0.5, 0.6) is 0 Å². The highest BCUT2D eigenvalue weighted by molar-refractivity contribution is 6.15. The molecule has 1 rings (SSSR count). The summed E-state index contributed by atoms with van der Waals surface area (Å²) in [6.45, 7) is 4.51. The summed E-state index contributed by atoms with van der Waals surface area (Å²) in [6, 6.07) is 0. The Hall–Kier alpha value is -1.12. The van der Waals surface area contributed by atoms with Gasteiger partial charge >= 0.3 is 0 Å². The molecule has 1 heterocycles. The van der Waals surface area contributed by atoms with Gasteiger partial charge in [0, 0.05) is 18.2 Å². The maximum absolute atomic E-state index is 11.6. The summed E-state index contributed by atoms with van der Waals surface area (Å²) in [4.78, 5) is 24.4. The number of hydrogen-bond acceptors (Lipinski definition) is 2. The van der Waals surface area contributed by atoms with E-state index in [4.69, 9.17) is 0 Å². The predicted octanol–water partition coefficient (Wildman–Crippen LogP) is 3.44. The lowest BCUT2D eigenvalue weighted by atomic mass is 10.1. The Balaban J connectivity index is 2.02. The van der Waals surface area contributed by atoms with Crippen LogP contribution in [0.1, 0.15) is 65.2 Å². The lowest BCUT2D eigenvalue weighted by Gasteiger charge is -2.13. The van der Waals surface area contributed by atoms with Crippen LogP contribution < -0.4 is 0 Å². The molecule has 0 aromatic rings. The molecule has 0 atom stereocenters. The van der Waals surface area contributed by atoms with Gasteiger partial charge in [-0.25, -0.2) is 0 Å². The van der Waals surface area contributed by atoms with Crippen molar-refractivity contribution in [3.05, 3.63) is 11.6 Å². The lowest BCUT2D eigenvalue weighted by Crippen LogP contribution is -2.31. The molecule has 1 aliphatic heterocycles. The lowest BCUT2D eigenvalue weighted by molar-refractivity contribution is -0.137. The van der Waals surface area contributed by atoms with Gasteiger partial charge in [-0.1, -0.05) is 51.9 Å². The quantitative estimate of drug-likeness (QED) is 0.465. The summed E-state index contributed by atoms with van der Waals surface area (Å²) in [5, 5.41) is 0. The standard InChI is InChI=1S/C15H25NO2/c1-3-4-5-6-7-8-9-10-11-16-14(17)12-13(2)15(16)18/h12H,3-11H2,1-2H3. The van der Waals surface area contributed by atoms with Gasteiger partial charge in [0.1, 0.15) is 0 Å². The van der Waals surface area contributed by atoms with E-state index in [2.05, 4.69) is 6.92 Å². The molecule has 0 bridgehead atoms. The van der Waals surface area contributed by atoms with Gasteiger partial charge in [-0.15, -0.1) is 0 Å². The van der Waals surface area contributed by atoms with Crippen LogP contribution in [0.4, 0.5) is 0 Å². The molecular weight excluding hydrogens is 226 g/mol. The molecular formula is C15H25NO2. The molecule has 18 heavy (non-hydrogen) atoms. The summed E-state index contributed by atoms with van der Waals surface area (Å²) in [5.41, 5.74) is 0.569. The second-order valence-corrected chi connectivity index (χ2v) is 5.10. The highest BCUT2D eigenvalue weighted by atomic mass is 16.2. The average Bonchev–Trinajstić information content (AvgIpc) is 2.58. The first-order valence-electron chi connectivity index (χ1n) is 7.21. The van der Waals surface area contributed by atoms with Crippen LogP contribution in [0.2, 0.25) is 0 Å². The molecule has 0 aromatic heterocycles. The van der Waals surface area contributed by atoms with Crippen LogP contribution in [0.15, 0.2) is 11.6 Å². The van der Waals surface area contributed by atoms with Gasteiger partial charge in [-0.2, -0.15) is 0 Å². The minimum atomic E-state index is -0.138. The van der Waals surface area contributed by atoms with Crippen LogP contribution in [-0.2, 0) is 9.59 Å². The molecule has 0 fully saturated rings. The Morgan fingerprint density at radius 3 is 2.00 bits per heavy atom. The summed E-state index contributed by atoms with van der Waals surface area (Å²) < 4.78 is 0. The Morgan fingerprint density at radius 2 is 1.50 bits per heavy atom. The normalized spacial score (nSPS) is 15.4. The van der Waals surface area contributed by atoms with Crippen molar-refractivity contribution in [2.45, 2.75) is 65.2 Å². The van der Waals surface area contributed by atoms with Crippen molar-refractivity contribution in [3.63, 3.8) is 0 Å². The first-order valence-corrected chi connectivity index (χ1v) is 7.21. The van der Waals surface area contributed by atoms with Gasteiger partial charge in [0.25, 0.3) is 11.8 Å². The average molecular weight is 251 g/mol. The smallest absolute Gasteiger partial charge is 0.256 e. The maximum Gasteiger partial charge on any atom is 0.256 e. The molecule has 0 spiro atoms. The monoisotopic (exact) mass is 251 g/mol. The van der Waals surface area contributed by atoms with Crippen molar-refractivity contribution in [2.75, 3.05) is 6.54 Å². The van der Waals surface area contributed by atoms with E-state index in [1.54, 1.807) is 6.92 Å². The summed E-state index contributed by atoms with van der Waals surface area (Å²) >= 11 is 0. The fourth-order valence-electron chi connectivity index (χ4n) is 2.25. The van der Waals surface area contributed by atoms with Crippen molar-refractivity contribution >= 4 is 11.8 Å². The van der Waals surface area contributed by atoms with Crippen LogP contribution >= 0.6 is 0 Å². The topological polar surface area (TPSA) is 37.4 Å². The third-order valence-electron chi connectivity index (χ3n) is 3.42. The highest BCUT2D eigenvalue weighted by Crippen LogP contribution is 2.14. The zero-order valence-electron chi connectivity index (χ0n) is 11.7. The van der Waals surface area contributed by atoms with E-state index in [-0.39, 0.29) is 11.8 Å².